The SMILES string of the molecule is CC(C)CCC(C)OC(=O)N1C(=O)CCc2ccc(OCCCCN3CCN(c4cccc5ccccc45)CC3)nc21. The lowest BCUT2D eigenvalue weighted by molar-refractivity contribution is -0.118. The van der Waals surface area contributed by atoms with Crippen LogP contribution in [-0.2, 0) is 16.0 Å². The molecule has 1 atom stereocenters. The van der Waals surface area contributed by atoms with E-state index in [9.17, 15) is 9.59 Å². The molecule has 0 radical (unpaired) electrons. The van der Waals surface area contributed by atoms with E-state index in [1.54, 1.807) is 0 Å². The third kappa shape index (κ3) is 7.40. The minimum atomic E-state index is -0.651. The van der Waals surface area contributed by atoms with E-state index >= 15 is 0 Å². The number of rotatable bonds is 11. The van der Waals surface area contributed by atoms with Crippen LogP contribution < -0.4 is 14.5 Å². The average Bonchev–Trinajstić information content (AvgIpc) is 2.99. The van der Waals surface area contributed by atoms with Crippen LogP contribution in [0.15, 0.2) is 54.6 Å². The van der Waals surface area contributed by atoms with Gasteiger partial charge in [-0.05, 0) is 74.6 Å². The summed E-state index contributed by atoms with van der Waals surface area (Å²) >= 11 is 0. The van der Waals surface area contributed by atoms with Crippen molar-refractivity contribution in [2.75, 3.05) is 49.1 Å². The summed E-state index contributed by atoms with van der Waals surface area (Å²) < 4.78 is 11.6. The van der Waals surface area contributed by atoms with E-state index < -0.39 is 6.09 Å². The molecule has 0 saturated carbocycles. The molecular weight excluding hydrogens is 528 g/mol. The van der Waals surface area contributed by atoms with E-state index in [1.165, 1.54) is 16.5 Å². The molecule has 42 heavy (non-hydrogen) atoms. The minimum Gasteiger partial charge on any atom is -0.478 e. The van der Waals surface area contributed by atoms with Crippen LogP contribution in [0.2, 0.25) is 0 Å². The maximum atomic E-state index is 12.9. The fraction of sp³-hybridized carbons (Fsp3) is 0.500. The summed E-state index contributed by atoms with van der Waals surface area (Å²) in [5.41, 5.74) is 2.18. The number of nitrogens with zero attached hydrogens (tertiary/aromatic N) is 4. The van der Waals surface area contributed by atoms with Crippen LogP contribution in [0.4, 0.5) is 16.3 Å². The smallest absolute Gasteiger partial charge is 0.422 e. The molecule has 2 aromatic carbocycles. The van der Waals surface area contributed by atoms with Gasteiger partial charge >= 0.3 is 6.09 Å². The van der Waals surface area contributed by atoms with Crippen LogP contribution in [0, 0.1) is 5.92 Å². The molecule has 8 heteroatoms. The van der Waals surface area contributed by atoms with Crippen molar-refractivity contribution in [3.63, 3.8) is 0 Å². The van der Waals surface area contributed by atoms with E-state index in [0.717, 1.165) is 68.9 Å². The molecule has 0 bridgehead atoms. The first-order valence-electron chi connectivity index (χ1n) is 15.5. The molecular formula is C34H44N4O4. The monoisotopic (exact) mass is 572 g/mol. The van der Waals surface area contributed by atoms with E-state index in [4.69, 9.17) is 9.47 Å². The maximum Gasteiger partial charge on any atom is 0.422 e. The Morgan fingerprint density at radius 2 is 1.69 bits per heavy atom. The summed E-state index contributed by atoms with van der Waals surface area (Å²) in [6.45, 7) is 11.9. The van der Waals surface area contributed by atoms with Gasteiger partial charge in [0.15, 0.2) is 5.82 Å². The van der Waals surface area contributed by atoms with Crippen molar-refractivity contribution in [2.24, 2.45) is 5.92 Å². The molecule has 1 fully saturated rings. The molecule has 1 aromatic heterocycles. The number of unbranched alkanes of at least 4 members (excludes halogenated alkanes) is 1. The topological polar surface area (TPSA) is 75.2 Å². The lowest BCUT2D eigenvalue weighted by atomic mass is 10.1. The third-order valence-corrected chi connectivity index (χ3v) is 8.23. The molecule has 8 nitrogen and oxygen atoms in total. The van der Waals surface area contributed by atoms with Crippen LogP contribution >= 0.6 is 0 Å². The highest BCUT2D eigenvalue weighted by molar-refractivity contribution is 6.13. The molecule has 0 aliphatic carbocycles. The maximum absolute atomic E-state index is 12.9. The Labute approximate surface area is 249 Å². The Kier molecular flexibility index (Phi) is 9.95. The summed E-state index contributed by atoms with van der Waals surface area (Å²) in [5, 5.41) is 2.61. The van der Waals surface area contributed by atoms with Gasteiger partial charge in [-0.3, -0.25) is 9.69 Å². The quantitative estimate of drug-likeness (QED) is 0.244. The van der Waals surface area contributed by atoms with Crippen LogP contribution in [0.5, 0.6) is 5.88 Å². The zero-order chi connectivity index (χ0) is 29.5. The Hall–Kier alpha value is -3.65. The summed E-state index contributed by atoms with van der Waals surface area (Å²) in [4.78, 5) is 36.3. The number of fused-ring (bicyclic) bond motifs is 2. The minimum absolute atomic E-state index is 0.264. The van der Waals surface area contributed by atoms with Crippen molar-refractivity contribution in [3.8, 4) is 5.88 Å². The second-order valence-corrected chi connectivity index (χ2v) is 11.9. The fourth-order valence-corrected chi connectivity index (χ4v) is 5.75. The van der Waals surface area contributed by atoms with Crippen molar-refractivity contribution >= 4 is 34.3 Å². The molecule has 0 spiro atoms. The van der Waals surface area contributed by atoms with E-state index in [0.29, 0.717) is 30.6 Å². The number of benzene rings is 2. The van der Waals surface area contributed by atoms with Crippen molar-refractivity contribution in [1.29, 1.82) is 0 Å². The standard InChI is InChI=1S/C34H44N4O4/c1-25(2)13-14-26(3)42-34(40)38-32(39)18-16-28-15-17-31(35-33(28)38)41-24-7-6-19-36-20-22-37(23-21-36)30-12-8-10-27-9-4-5-11-29(27)30/h4-5,8-12,15,17,25-26H,6-7,13-14,16,18-24H2,1-3H3. The van der Waals surface area contributed by atoms with Crippen molar-refractivity contribution in [3.05, 3.63) is 60.2 Å². The third-order valence-electron chi connectivity index (χ3n) is 8.23. The van der Waals surface area contributed by atoms with Crippen LogP contribution in [0.1, 0.15) is 58.4 Å². The highest BCUT2D eigenvalue weighted by atomic mass is 16.6. The Balaban J connectivity index is 1.07. The highest BCUT2D eigenvalue weighted by Gasteiger charge is 2.33. The lowest BCUT2D eigenvalue weighted by Crippen LogP contribution is -2.46. The lowest BCUT2D eigenvalue weighted by Gasteiger charge is -2.36. The number of hydrogen-bond donors (Lipinski definition) is 0. The molecule has 5 rings (SSSR count). The fourth-order valence-electron chi connectivity index (χ4n) is 5.75. The Morgan fingerprint density at radius 1 is 0.905 bits per heavy atom. The summed E-state index contributed by atoms with van der Waals surface area (Å²) in [6.07, 6.45) is 3.56. The first-order chi connectivity index (χ1) is 20.4. The number of hydrogen-bond acceptors (Lipinski definition) is 7. The van der Waals surface area contributed by atoms with Gasteiger partial charge in [0.1, 0.15) is 6.10 Å². The Morgan fingerprint density at radius 3 is 2.50 bits per heavy atom. The molecule has 3 heterocycles. The van der Waals surface area contributed by atoms with Crippen molar-refractivity contribution in [2.45, 2.75) is 65.4 Å². The van der Waals surface area contributed by atoms with Gasteiger partial charge in [0.05, 0.1) is 6.61 Å². The number of anilines is 2. The zero-order valence-electron chi connectivity index (χ0n) is 25.3. The number of amides is 2. The van der Waals surface area contributed by atoms with Gasteiger partial charge in [0, 0.05) is 49.7 Å². The molecule has 0 N–H and O–H groups in total. The second-order valence-electron chi connectivity index (χ2n) is 11.9. The molecule has 3 aromatic rings. The number of carbonyl (C=O) groups is 2. The largest absolute Gasteiger partial charge is 0.478 e. The van der Waals surface area contributed by atoms with Gasteiger partial charge in [0.25, 0.3) is 0 Å². The molecule has 2 aliphatic rings. The summed E-state index contributed by atoms with van der Waals surface area (Å²) in [6, 6.07) is 18.9. The van der Waals surface area contributed by atoms with Crippen LogP contribution in [0.3, 0.4) is 0 Å². The first kappa shape index (κ1) is 29.8. The highest BCUT2D eigenvalue weighted by Crippen LogP contribution is 2.30. The van der Waals surface area contributed by atoms with E-state index in [2.05, 4.69) is 71.1 Å². The molecule has 1 saturated heterocycles. The number of aryl methyl sites for hydroxylation is 1. The number of piperazine rings is 1. The predicted molar refractivity (Wildman–Crippen MR) is 167 cm³/mol. The van der Waals surface area contributed by atoms with Gasteiger partial charge < -0.3 is 14.4 Å². The number of pyridine rings is 1. The normalized spacial score (nSPS) is 16.5. The van der Waals surface area contributed by atoms with Crippen LogP contribution in [0.25, 0.3) is 10.8 Å². The predicted octanol–water partition coefficient (Wildman–Crippen LogP) is 6.46. The van der Waals surface area contributed by atoms with Gasteiger partial charge in [-0.25, -0.2) is 4.79 Å². The van der Waals surface area contributed by atoms with E-state index in [-0.39, 0.29) is 18.4 Å². The molecule has 224 valence electrons. The number of carbonyl (C=O) groups excluding carboxylic acids is 2. The van der Waals surface area contributed by atoms with Gasteiger partial charge in [-0.2, -0.15) is 9.88 Å². The Bertz CT molecular complexity index is 1360. The number of aromatic nitrogens is 1. The second kappa shape index (κ2) is 14.0. The van der Waals surface area contributed by atoms with Gasteiger partial charge in [-0.15, -0.1) is 0 Å². The molecule has 1 unspecified atom stereocenters. The molecule has 2 aliphatic heterocycles. The summed E-state index contributed by atoms with van der Waals surface area (Å²) in [7, 11) is 0. The first-order valence-corrected chi connectivity index (χ1v) is 15.5. The van der Waals surface area contributed by atoms with Crippen LogP contribution in [-0.4, -0.2) is 67.3 Å². The van der Waals surface area contributed by atoms with Gasteiger partial charge in [-0.1, -0.05) is 50.2 Å². The number of ether oxygens (including phenoxy) is 2. The number of imide groups is 1. The van der Waals surface area contributed by atoms with E-state index in [1.807, 2.05) is 19.1 Å². The van der Waals surface area contributed by atoms with Crippen molar-refractivity contribution < 1.29 is 19.1 Å². The van der Waals surface area contributed by atoms with Gasteiger partial charge in [0.2, 0.25) is 11.8 Å². The zero-order valence-corrected chi connectivity index (χ0v) is 25.3. The summed E-state index contributed by atoms with van der Waals surface area (Å²) in [5.74, 6) is 1.01. The average molecular weight is 573 g/mol. The molecule has 2 amide bonds. The van der Waals surface area contributed by atoms with Crippen molar-refractivity contribution in [1.82, 2.24) is 9.88 Å².